The predicted molar refractivity (Wildman–Crippen MR) is 94.6 cm³/mol. The van der Waals surface area contributed by atoms with Crippen LogP contribution in [0.4, 0.5) is 0 Å². The Balaban J connectivity index is 1.97. The second kappa shape index (κ2) is 6.60. The third kappa shape index (κ3) is 3.31. The van der Waals surface area contributed by atoms with Gasteiger partial charge in [-0.05, 0) is 28.9 Å². The van der Waals surface area contributed by atoms with Crippen LogP contribution in [0, 0.1) is 6.92 Å². The van der Waals surface area contributed by atoms with Crippen molar-refractivity contribution in [2.75, 3.05) is 12.3 Å². The fraction of sp³-hybridized carbons (Fsp3) is 0.333. The lowest BCUT2D eigenvalue weighted by Gasteiger charge is -2.13. The highest BCUT2D eigenvalue weighted by Crippen LogP contribution is 2.39. The number of rotatable bonds is 2. The Kier molecular flexibility index (Phi) is 4.75. The molecule has 22 heavy (non-hydrogen) atoms. The summed E-state index contributed by atoms with van der Waals surface area (Å²) in [4.78, 5) is 17.8. The van der Waals surface area contributed by atoms with Crippen molar-refractivity contribution >= 4 is 44.7 Å². The van der Waals surface area contributed by atoms with Crippen LogP contribution in [-0.2, 0) is 0 Å². The second-order valence-electron chi connectivity index (χ2n) is 4.96. The van der Waals surface area contributed by atoms with E-state index in [1.54, 1.807) is 18.3 Å². The maximum absolute atomic E-state index is 12.1. The first kappa shape index (κ1) is 15.8. The largest absolute Gasteiger partial charge is 0.507 e. The molecule has 116 valence electrons. The van der Waals surface area contributed by atoms with Gasteiger partial charge in [0.2, 0.25) is 0 Å². The van der Waals surface area contributed by atoms with Crippen LogP contribution in [0.1, 0.15) is 27.9 Å². The molecule has 3 heterocycles. The van der Waals surface area contributed by atoms with Crippen molar-refractivity contribution in [3.8, 4) is 5.75 Å². The van der Waals surface area contributed by atoms with Crippen LogP contribution >= 0.6 is 39.0 Å². The quantitative estimate of drug-likeness (QED) is 0.823. The molecule has 0 saturated carbocycles. The summed E-state index contributed by atoms with van der Waals surface area (Å²) in [5.74, 6) is 1.24. The van der Waals surface area contributed by atoms with Gasteiger partial charge in [0, 0.05) is 44.8 Å². The molecule has 0 amide bonds. The van der Waals surface area contributed by atoms with Crippen LogP contribution in [-0.4, -0.2) is 23.1 Å². The monoisotopic (exact) mass is 399 g/mol. The molecule has 3 rings (SSSR count). The number of aryl methyl sites for hydroxylation is 1. The van der Waals surface area contributed by atoms with Crippen LogP contribution in [0.2, 0.25) is 0 Å². The summed E-state index contributed by atoms with van der Waals surface area (Å²) in [7, 11) is 0. The number of thioether (sulfide) groups is 1. The first-order valence-electron chi connectivity index (χ1n) is 6.77. The number of aromatic hydroxyl groups is 1. The number of hydrogen-bond donors (Lipinski definition) is 1. The number of nitrogens with zero attached hydrogens (tertiary/aromatic N) is 1. The van der Waals surface area contributed by atoms with Crippen molar-refractivity contribution < 1.29 is 9.52 Å². The van der Waals surface area contributed by atoms with Crippen LogP contribution in [0.5, 0.6) is 5.75 Å². The summed E-state index contributed by atoms with van der Waals surface area (Å²) in [6.07, 6.45) is 0.610. The zero-order valence-corrected chi connectivity index (χ0v) is 15.1. The van der Waals surface area contributed by atoms with E-state index in [2.05, 4.69) is 32.4 Å². The van der Waals surface area contributed by atoms with Gasteiger partial charge in [0.25, 0.3) is 0 Å². The lowest BCUT2D eigenvalue weighted by atomic mass is 10.1. The molecule has 1 unspecified atom stereocenters. The van der Waals surface area contributed by atoms with Gasteiger partial charge in [-0.25, -0.2) is 4.79 Å². The highest BCUT2D eigenvalue weighted by Gasteiger charge is 2.24. The second-order valence-corrected chi connectivity index (χ2v) is 8.13. The molecular weight excluding hydrogens is 386 g/mol. The van der Waals surface area contributed by atoms with Gasteiger partial charge < -0.3 is 9.52 Å². The van der Waals surface area contributed by atoms with Gasteiger partial charge >= 0.3 is 5.63 Å². The molecule has 1 N–H and O–H groups in total. The molecule has 1 aliphatic rings. The Morgan fingerprint density at radius 2 is 2.27 bits per heavy atom. The summed E-state index contributed by atoms with van der Waals surface area (Å²) in [5, 5.41) is 12.4. The Morgan fingerprint density at radius 1 is 1.45 bits per heavy atom. The SMILES string of the molecule is Cc1cc(O)c(C2=NCCSC(c3cc(Br)cs3)C2)c(=O)o1. The molecule has 1 atom stereocenters. The van der Waals surface area contributed by atoms with E-state index in [0.29, 0.717) is 24.4 Å². The number of halogens is 1. The minimum Gasteiger partial charge on any atom is -0.507 e. The third-order valence-electron chi connectivity index (χ3n) is 3.34. The topological polar surface area (TPSA) is 62.8 Å². The van der Waals surface area contributed by atoms with E-state index in [-0.39, 0.29) is 16.6 Å². The van der Waals surface area contributed by atoms with E-state index in [0.717, 1.165) is 10.2 Å². The van der Waals surface area contributed by atoms with E-state index in [9.17, 15) is 9.90 Å². The highest BCUT2D eigenvalue weighted by molar-refractivity contribution is 9.10. The van der Waals surface area contributed by atoms with E-state index >= 15 is 0 Å². The molecule has 0 fully saturated rings. The normalized spacial score (nSPS) is 18.8. The molecule has 0 saturated heterocycles. The van der Waals surface area contributed by atoms with Gasteiger partial charge in [-0.3, -0.25) is 4.99 Å². The van der Waals surface area contributed by atoms with Crippen LogP contribution in [0.25, 0.3) is 0 Å². The van der Waals surface area contributed by atoms with E-state index in [1.807, 2.05) is 11.8 Å². The maximum Gasteiger partial charge on any atom is 0.348 e. The average Bonchev–Trinajstić information content (AvgIpc) is 2.73. The van der Waals surface area contributed by atoms with Crippen molar-refractivity contribution in [1.82, 2.24) is 0 Å². The van der Waals surface area contributed by atoms with Gasteiger partial charge in [-0.2, -0.15) is 11.8 Å². The van der Waals surface area contributed by atoms with Crippen molar-refractivity contribution in [3.63, 3.8) is 0 Å². The molecule has 0 aromatic carbocycles. The Hall–Kier alpha value is -1.05. The molecule has 4 nitrogen and oxygen atoms in total. The molecule has 0 aliphatic carbocycles. The summed E-state index contributed by atoms with van der Waals surface area (Å²) >= 11 is 6.99. The fourth-order valence-corrected chi connectivity index (χ4v) is 5.18. The third-order valence-corrected chi connectivity index (χ3v) is 6.54. The lowest BCUT2D eigenvalue weighted by molar-refractivity contribution is 0.432. The van der Waals surface area contributed by atoms with E-state index < -0.39 is 5.63 Å². The van der Waals surface area contributed by atoms with Crippen LogP contribution in [0.3, 0.4) is 0 Å². The molecule has 0 spiro atoms. The van der Waals surface area contributed by atoms with E-state index in [1.165, 1.54) is 10.9 Å². The van der Waals surface area contributed by atoms with Crippen molar-refractivity contribution in [2.24, 2.45) is 4.99 Å². The summed E-state index contributed by atoms with van der Waals surface area (Å²) in [6.45, 7) is 2.28. The molecule has 7 heteroatoms. The predicted octanol–water partition coefficient (Wildman–Crippen LogP) is 4.15. The van der Waals surface area contributed by atoms with Crippen molar-refractivity contribution in [1.29, 1.82) is 0 Å². The maximum atomic E-state index is 12.1. The Labute approximate surface area is 144 Å². The Bertz CT molecular complexity index is 781. The minimum absolute atomic E-state index is 0.0505. The summed E-state index contributed by atoms with van der Waals surface area (Å²) < 4.78 is 6.18. The molecule has 0 radical (unpaired) electrons. The number of aliphatic imine (C=N–C) groups is 1. The number of thiophene rings is 1. The Morgan fingerprint density at radius 3 is 2.95 bits per heavy atom. The van der Waals surface area contributed by atoms with E-state index in [4.69, 9.17) is 4.42 Å². The van der Waals surface area contributed by atoms with Gasteiger partial charge in [-0.1, -0.05) is 0 Å². The first-order chi connectivity index (χ1) is 10.5. The van der Waals surface area contributed by atoms with Crippen LogP contribution < -0.4 is 5.63 Å². The molecule has 2 aromatic rings. The summed E-state index contributed by atoms with van der Waals surface area (Å²) in [5.41, 5.74) is 0.314. The smallest absolute Gasteiger partial charge is 0.348 e. The zero-order chi connectivity index (χ0) is 15.7. The fourth-order valence-electron chi connectivity index (χ4n) is 2.40. The molecule has 1 aliphatic heterocycles. The van der Waals surface area contributed by atoms with Gasteiger partial charge in [-0.15, -0.1) is 11.3 Å². The first-order valence-corrected chi connectivity index (χ1v) is 9.49. The molecule has 0 bridgehead atoms. The van der Waals surface area contributed by atoms with Gasteiger partial charge in [0.05, 0.1) is 5.71 Å². The molecule has 2 aromatic heterocycles. The summed E-state index contributed by atoms with van der Waals surface area (Å²) in [6, 6.07) is 3.57. The van der Waals surface area contributed by atoms with Crippen molar-refractivity contribution in [2.45, 2.75) is 18.6 Å². The minimum atomic E-state index is -0.519. The van der Waals surface area contributed by atoms with Crippen LogP contribution in [0.15, 0.2) is 36.2 Å². The van der Waals surface area contributed by atoms with Gasteiger partial charge in [0.15, 0.2) is 0 Å². The zero-order valence-electron chi connectivity index (χ0n) is 11.8. The highest BCUT2D eigenvalue weighted by atomic mass is 79.9. The molecular formula is C15H14BrNO3S2. The average molecular weight is 400 g/mol. The number of hydrogen-bond acceptors (Lipinski definition) is 6. The van der Waals surface area contributed by atoms with Crippen molar-refractivity contribution in [3.05, 3.63) is 48.6 Å². The standard InChI is InChI=1S/C15H14BrNO3S2/c1-8-4-11(18)14(15(19)20-8)10-6-13(21-3-2-17-10)12-5-9(16)7-22-12/h4-5,7,13,18H,2-3,6H2,1H3. The van der Waals surface area contributed by atoms with Gasteiger partial charge in [0.1, 0.15) is 17.1 Å². The lowest BCUT2D eigenvalue weighted by Crippen LogP contribution is -2.16.